The molecule has 2 fully saturated rings. The fraction of sp³-hybridized carbons (Fsp3) is 0.556. The second kappa shape index (κ2) is 7.49. The van der Waals surface area contributed by atoms with E-state index in [0.29, 0.717) is 25.1 Å². The number of rotatable bonds is 3. The molecule has 0 unspecified atom stereocenters. The summed E-state index contributed by atoms with van der Waals surface area (Å²) in [5.41, 5.74) is 0.399. The smallest absolute Gasteiger partial charge is 0.253 e. The summed E-state index contributed by atoms with van der Waals surface area (Å²) in [4.78, 5) is 27.8. The van der Waals surface area contributed by atoms with Crippen molar-refractivity contribution in [2.24, 2.45) is 0 Å². The molecule has 136 valence electrons. The second-order valence-corrected chi connectivity index (χ2v) is 6.80. The van der Waals surface area contributed by atoms with E-state index in [0.717, 1.165) is 12.8 Å². The molecule has 0 radical (unpaired) electrons. The number of likely N-dealkylation sites (N-methyl/N-ethyl adjacent to an activating group) is 1. The molecule has 3 atom stereocenters. The molecule has 25 heavy (non-hydrogen) atoms. The van der Waals surface area contributed by atoms with Crippen LogP contribution >= 0.6 is 0 Å². The quantitative estimate of drug-likeness (QED) is 0.839. The zero-order chi connectivity index (χ0) is 18.0. The highest BCUT2D eigenvalue weighted by molar-refractivity contribution is 5.94. The second-order valence-electron chi connectivity index (χ2n) is 6.80. The third-order valence-corrected chi connectivity index (χ3v) is 5.23. The topological polar surface area (TPSA) is 72.9 Å². The van der Waals surface area contributed by atoms with Crippen LogP contribution in [0.25, 0.3) is 0 Å². The Morgan fingerprint density at radius 3 is 2.72 bits per heavy atom. The molecule has 1 aromatic carbocycles. The van der Waals surface area contributed by atoms with Gasteiger partial charge in [0.05, 0.1) is 18.7 Å². The van der Waals surface area contributed by atoms with E-state index < -0.39 is 6.10 Å². The van der Waals surface area contributed by atoms with Gasteiger partial charge in [-0.2, -0.15) is 0 Å². The van der Waals surface area contributed by atoms with E-state index >= 15 is 0 Å². The van der Waals surface area contributed by atoms with Crippen molar-refractivity contribution < 1.29 is 19.1 Å². The predicted molar refractivity (Wildman–Crippen MR) is 90.5 cm³/mol. The molecule has 1 saturated carbocycles. The van der Waals surface area contributed by atoms with Gasteiger partial charge in [0.25, 0.3) is 5.91 Å². The van der Waals surface area contributed by atoms with Gasteiger partial charge < -0.3 is 15.3 Å². The standard InChI is InChI=1S/C18H24FN3O3/c1-21(18(25)12-5-7-13(19)8-6-12)14-3-2-4-15(17(14)24)22-10-9-20-16(23)11-22/h5-8,14-15,17,24H,2-4,9-11H2,1H3,(H,20,23)/t14-,15-,17-/m1/s1. The summed E-state index contributed by atoms with van der Waals surface area (Å²) in [5.74, 6) is -0.655. The Morgan fingerprint density at radius 2 is 2.04 bits per heavy atom. The lowest BCUT2D eigenvalue weighted by molar-refractivity contribution is -0.127. The number of nitrogens with zero attached hydrogens (tertiary/aromatic N) is 2. The number of hydrogen-bond acceptors (Lipinski definition) is 4. The number of nitrogens with one attached hydrogen (secondary N) is 1. The van der Waals surface area contributed by atoms with Crippen molar-refractivity contribution in [1.29, 1.82) is 0 Å². The van der Waals surface area contributed by atoms with Gasteiger partial charge in [0.2, 0.25) is 5.91 Å². The maximum atomic E-state index is 13.1. The molecular weight excluding hydrogens is 325 g/mol. The average molecular weight is 349 g/mol. The molecule has 2 amide bonds. The molecule has 3 rings (SSSR count). The van der Waals surface area contributed by atoms with Crippen LogP contribution in [-0.2, 0) is 4.79 Å². The number of piperazine rings is 1. The molecular formula is C18H24FN3O3. The molecule has 1 aliphatic heterocycles. The number of aliphatic hydroxyl groups excluding tert-OH is 1. The molecule has 2 aliphatic rings. The first-order valence-electron chi connectivity index (χ1n) is 8.69. The Kier molecular flexibility index (Phi) is 5.34. The average Bonchev–Trinajstić information content (AvgIpc) is 2.61. The van der Waals surface area contributed by atoms with Gasteiger partial charge in [0.1, 0.15) is 5.82 Å². The van der Waals surface area contributed by atoms with Gasteiger partial charge in [-0.25, -0.2) is 4.39 Å². The van der Waals surface area contributed by atoms with E-state index in [4.69, 9.17) is 0 Å². The fourth-order valence-electron chi connectivity index (χ4n) is 3.84. The van der Waals surface area contributed by atoms with Crippen LogP contribution in [0.2, 0.25) is 0 Å². The minimum Gasteiger partial charge on any atom is -0.389 e. The maximum Gasteiger partial charge on any atom is 0.253 e. The molecule has 6 nitrogen and oxygen atoms in total. The van der Waals surface area contributed by atoms with Crippen LogP contribution in [0.4, 0.5) is 4.39 Å². The largest absolute Gasteiger partial charge is 0.389 e. The summed E-state index contributed by atoms with van der Waals surface area (Å²) in [6.07, 6.45) is 1.69. The SMILES string of the molecule is CN(C(=O)c1ccc(F)cc1)[C@@H]1CCC[C@@H](N2CCNC(=O)C2)[C@@H]1O. The highest BCUT2D eigenvalue weighted by Gasteiger charge is 2.39. The van der Waals surface area contributed by atoms with Crippen LogP contribution in [0.1, 0.15) is 29.6 Å². The van der Waals surface area contributed by atoms with Gasteiger partial charge in [-0.05, 0) is 43.5 Å². The number of benzene rings is 1. The van der Waals surface area contributed by atoms with Crippen LogP contribution < -0.4 is 5.32 Å². The molecule has 7 heteroatoms. The summed E-state index contributed by atoms with van der Waals surface area (Å²) in [5, 5.41) is 13.6. The lowest BCUT2D eigenvalue weighted by atomic mass is 9.85. The zero-order valence-electron chi connectivity index (χ0n) is 14.3. The van der Waals surface area contributed by atoms with Crippen LogP contribution in [0, 0.1) is 5.82 Å². The molecule has 1 aliphatic carbocycles. The number of halogens is 1. The first kappa shape index (κ1) is 17.8. The number of aliphatic hydroxyl groups is 1. The first-order valence-corrected chi connectivity index (χ1v) is 8.69. The van der Waals surface area contributed by atoms with E-state index in [2.05, 4.69) is 5.32 Å². The highest BCUT2D eigenvalue weighted by atomic mass is 19.1. The van der Waals surface area contributed by atoms with Gasteiger partial charge in [0, 0.05) is 31.7 Å². The van der Waals surface area contributed by atoms with E-state index in [1.54, 1.807) is 11.9 Å². The van der Waals surface area contributed by atoms with E-state index in [9.17, 15) is 19.1 Å². The van der Waals surface area contributed by atoms with Gasteiger partial charge in [-0.1, -0.05) is 0 Å². The number of hydrogen-bond donors (Lipinski definition) is 2. The Morgan fingerprint density at radius 1 is 1.32 bits per heavy atom. The van der Waals surface area contributed by atoms with Crippen LogP contribution in [-0.4, -0.2) is 71.6 Å². The van der Waals surface area contributed by atoms with Crippen LogP contribution in [0.3, 0.4) is 0 Å². The van der Waals surface area contributed by atoms with E-state index in [1.165, 1.54) is 24.3 Å². The van der Waals surface area contributed by atoms with Crippen molar-refractivity contribution in [3.63, 3.8) is 0 Å². The Hall–Kier alpha value is -1.99. The predicted octanol–water partition coefficient (Wildman–Crippen LogP) is 0.611. The molecule has 1 aromatic rings. The van der Waals surface area contributed by atoms with E-state index in [1.807, 2.05) is 4.90 Å². The molecule has 0 spiro atoms. The van der Waals surface area contributed by atoms with Crippen molar-refractivity contribution in [3.8, 4) is 0 Å². The molecule has 0 aromatic heterocycles. The third kappa shape index (κ3) is 3.82. The van der Waals surface area contributed by atoms with Crippen LogP contribution in [0.5, 0.6) is 0 Å². The lowest BCUT2D eigenvalue weighted by Gasteiger charge is -2.45. The van der Waals surface area contributed by atoms with Crippen molar-refractivity contribution in [3.05, 3.63) is 35.6 Å². The van der Waals surface area contributed by atoms with E-state index in [-0.39, 0.29) is 36.3 Å². The van der Waals surface area contributed by atoms with Crippen molar-refractivity contribution in [2.45, 2.75) is 37.5 Å². The fourth-order valence-corrected chi connectivity index (χ4v) is 3.84. The Bertz CT molecular complexity index is 637. The minimum absolute atomic E-state index is 0.0312. The third-order valence-electron chi connectivity index (χ3n) is 5.23. The number of carbonyl (C=O) groups excluding carboxylic acids is 2. The summed E-state index contributed by atoms with van der Waals surface area (Å²) >= 11 is 0. The molecule has 0 bridgehead atoms. The minimum atomic E-state index is -0.714. The maximum absolute atomic E-state index is 13.1. The number of amides is 2. The lowest BCUT2D eigenvalue weighted by Crippen LogP contribution is -2.61. The van der Waals surface area contributed by atoms with Crippen molar-refractivity contribution in [1.82, 2.24) is 15.1 Å². The Balaban J connectivity index is 1.71. The molecule has 2 N–H and O–H groups in total. The monoisotopic (exact) mass is 349 g/mol. The van der Waals surface area contributed by atoms with Gasteiger partial charge >= 0.3 is 0 Å². The van der Waals surface area contributed by atoms with Gasteiger partial charge in [-0.3, -0.25) is 14.5 Å². The summed E-state index contributed by atoms with van der Waals surface area (Å²) < 4.78 is 13.1. The summed E-state index contributed by atoms with van der Waals surface area (Å²) in [6, 6.07) is 4.97. The normalized spacial score (nSPS) is 27.6. The van der Waals surface area contributed by atoms with Crippen molar-refractivity contribution >= 4 is 11.8 Å². The molecule has 1 saturated heterocycles. The zero-order valence-corrected chi connectivity index (χ0v) is 14.3. The molecule has 1 heterocycles. The van der Waals surface area contributed by atoms with Crippen molar-refractivity contribution in [2.75, 3.05) is 26.7 Å². The summed E-state index contributed by atoms with van der Waals surface area (Å²) in [7, 11) is 1.67. The van der Waals surface area contributed by atoms with Gasteiger partial charge in [0.15, 0.2) is 0 Å². The number of carbonyl (C=O) groups is 2. The first-order chi connectivity index (χ1) is 12.0. The van der Waals surface area contributed by atoms with Crippen LogP contribution in [0.15, 0.2) is 24.3 Å². The summed E-state index contributed by atoms with van der Waals surface area (Å²) in [6.45, 7) is 1.57. The van der Waals surface area contributed by atoms with Gasteiger partial charge in [-0.15, -0.1) is 0 Å². The Labute approximate surface area is 146 Å². The highest BCUT2D eigenvalue weighted by Crippen LogP contribution is 2.28.